The summed E-state index contributed by atoms with van der Waals surface area (Å²) >= 11 is 0. The number of fused-ring (bicyclic) bond motifs is 3. The van der Waals surface area contributed by atoms with Gasteiger partial charge in [-0.1, -0.05) is 58.8 Å². The van der Waals surface area contributed by atoms with Crippen molar-refractivity contribution in [3.8, 4) is 0 Å². The van der Waals surface area contributed by atoms with E-state index in [1.165, 1.54) is 32.1 Å². The standard InChI is InChI=1S/C22H38/c1-16(22(2)13-6-3-7-14-22)18-11-8-12-20-19-10-5-4-9-17(19)15-21(18)20/h16-21H,3-15H2,1-2H3. The first kappa shape index (κ1) is 15.5. The first-order valence-corrected chi connectivity index (χ1v) is 10.7. The lowest BCUT2D eigenvalue weighted by atomic mass is 9.57. The highest BCUT2D eigenvalue weighted by Crippen LogP contribution is 2.59. The zero-order chi connectivity index (χ0) is 15.2. The maximum Gasteiger partial charge on any atom is -0.0297 e. The van der Waals surface area contributed by atoms with Gasteiger partial charge in [-0.15, -0.1) is 0 Å². The molecular weight excluding hydrogens is 264 g/mol. The van der Waals surface area contributed by atoms with E-state index in [1.807, 2.05) is 0 Å². The van der Waals surface area contributed by atoms with E-state index in [-0.39, 0.29) is 0 Å². The molecule has 6 unspecified atom stereocenters. The highest BCUT2D eigenvalue weighted by atomic mass is 14.6. The van der Waals surface area contributed by atoms with Crippen molar-refractivity contribution in [3.63, 3.8) is 0 Å². The molecule has 0 radical (unpaired) electrons. The van der Waals surface area contributed by atoms with Crippen molar-refractivity contribution in [1.29, 1.82) is 0 Å². The van der Waals surface area contributed by atoms with E-state index in [4.69, 9.17) is 0 Å². The second-order valence-corrected chi connectivity index (χ2v) is 9.87. The van der Waals surface area contributed by atoms with Crippen molar-refractivity contribution in [2.45, 2.75) is 97.3 Å². The maximum absolute atomic E-state index is 2.67. The molecule has 4 aliphatic carbocycles. The van der Waals surface area contributed by atoms with Gasteiger partial charge in [-0.05, 0) is 79.4 Å². The molecular formula is C22H38. The smallest absolute Gasteiger partial charge is 0.0297 e. The zero-order valence-corrected chi connectivity index (χ0v) is 15.2. The van der Waals surface area contributed by atoms with Crippen molar-refractivity contribution in [2.24, 2.45) is 40.9 Å². The monoisotopic (exact) mass is 302 g/mol. The Hall–Kier alpha value is 0. The molecule has 0 amide bonds. The number of hydrogen-bond acceptors (Lipinski definition) is 0. The summed E-state index contributed by atoms with van der Waals surface area (Å²) in [7, 11) is 0. The van der Waals surface area contributed by atoms with Crippen LogP contribution in [0.5, 0.6) is 0 Å². The molecule has 4 rings (SSSR count). The fourth-order valence-electron chi connectivity index (χ4n) is 7.61. The van der Waals surface area contributed by atoms with E-state index in [2.05, 4.69) is 13.8 Å². The largest absolute Gasteiger partial charge is 0.0617 e. The average Bonchev–Trinajstić information content (AvgIpc) is 2.93. The van der Waals surface area contributed by atoms with Crippen LogP contribution >= 0.6 is 0 Å². The molecule has 4 fully saturated rings. The van der Waals surface area contributed by atoms with Gasteiger partial charge in [-0.25, -0.2) is 0 Å². The fraction of sp³-hybridized carbons (Fsp3) is 1.00. The van der Waals surface area contributed by atoms with Gasteiger partial charge in [-0.3, -0.25) is 0 Å². The van der Waals surface area contributed by atoms with Gasteiger partial charge in [0.05, 0.1) is 0 Å². The van der Waals surface area contributed by atoms with Gasteiger partial charge in [0, 0.05) is 0 Å². The van der Waals surface area contributed by atoms with Crippen LogP contribution in [0.1, 0.15) is 97.3 Å². The Morgan fingerprint density at radius 3 is 2.27 bits per heavy atom. The van der Waals surface area contributed by atoms with Crippen molar-refractivity contribution in [3.05, 3.63) is 0 Å². The predicted molar refractivity (Wildman–Crippen MR) is 94.7 cm³/mol. The molecule has 4 aliphatic rings. The van der Waals surface area contributed by atoms with Crippen LogP contribution < -0.4 is 0 Å². The van der Waals surface area contributed by atoms with E-state index in [9.17, 15) is 0 Å². The third-order valence-electron chi connectivity index (χ3n) is 9.00. The zero-order valence-electron chi connectivity index (χ0n) is 15.2. The molecule has 0 nitrogen and oxygen atoms in total. The van der Waals surface area contributed by atoms with Crippen LogP contribution in [-0.4, -0.2) is 0 Å². The van der Waals surface area contributed by atoms with E-state index >= 15 is 0 Å². The lowest BCUT2D eigenvalue weighted by Gasteiger charge is -2.48. The molecule has 0 aromatic heterocycles. The van der Waals surface area contributed by atoms with Crippen molar-refractivity contribution < 1.29 is 0 Å². The van der Waals surface area contributed by atoms with Gasteiger partial charge in [-0.2, -0.15) is 0 Å². The minimum absolute atomic E-state index is 0.679. The van der Waals surface area contributed by atoms with E-state index in [0.717, 1.165) is 35.5 Å². The van der Waals surface area contributed by atoms with Gasteiger partial charge in [0.15, 0.2) is 0 Å². The van der Waals surface area contributed by atoms with Gasteiger partial charge < -0.3 is 0 Å². The van der Waals surface area contributed by atoms with Crippen LogP contribution in [0, 0.1) is 40.9 Å². The Bertz CT molecular complexity index is 377. The Balaban J connectivity index is 1.51. The number of hydrogen-bond donors (Lipinski definition) is 0. The Morgan fingerprint density at radius 1 is 0.727 bits per heavy atom. The minimum atomic E-state index is 0.679. The van der Waals surface area contributed by atoms with Crippen molar-refractivity contribution >= 4 is 0 Å². The summed E-state index contributed by atoms with van der Waals surface area (Å²) in [6, 6.07) is 0. The van der Waals surface area contributed by atoms with Crippen molar-refractivity contribution in [2.75, 3.05) is 0 Å². The summed E-state index contributed by atoms with van der Waals surface area (Å²) < 4.78 is 0. The molecule has 0 saturated heterocycles. The second-order valence-electron chi connectivity index (χ2n) is 9.87. The summed E-state index contributed by atoms with van der Waals surface area (Å²) in [4.78, 5) is 0. The van der Waals surface area contributed by atoms with Gasteiger partial charge in [0.1, 0.15) is 0 Å². The second kappa shape index (κ2) is 6.14. The van der Waals surface area contributed by atoms with Crippen LogP contribution in [0.2, 0.25) is 0 Å². The molecule has 0 bridgehead atoms. The fourth-order valence-corrected chi connectivity index (χ4v) is 7.61. The lowest BCUT2D eigenvalue weighted by Crippen LogP contribution is -2.39. The minimum Gasteiger partial charge on any atom is -0.0617 e. The summed E-state index contributed by atoms with van der Waals surface area (Å²) in [5.74, 6) is 6.60. The molecule has 0 N–H and O–H groups in total. The van der Waals surface area contributed by atoms with Crippen LogP contribution in [0.4, 0.5) is 0 Å². The molecule has 0 heterocycles. The molecule has 126 valence electrons. The Kier molecular flexibility index (Phi) is 4.33. The normalized spacial score (nSPS) is 45.8. The van der Waals surface area contributed by atoms with Gasteiger partial charge >= 0.3 is 0 Å². The highest BCUT2D eigenvalue weighted by molar-refractivity contribution is 5.00. The highest BCUT2D eigenvalue weighted by Gasteiger charge is 2.51. The van der Waals surface area contributed by atoms with Gasteiger partial charge in [0.25, 0.3) is 0 Å². The SMILES string of the molecule is CC(C1CCCC2C3CCCCC3CC21)C1(C)CCCCC1. The first-order chi connectivity index (χ1) is 10.7. The van der Waals surface area contributed by atoms with E-state index < -0.39 is 0 Å². The van der Waals surface area contributed by atoms with Crippen LogP contribution in [-0.2, 0) is 0 Å². The molecule has 4 saturated carbocycles. The first-order valence-electron chi connectivity index (χ1n) is 10.7. The molecule has 0 aromatic rings. The summed E-state index contributed by atoms with van der Waals surface area (Å²) in [6.45, 7) is 5.32. The summed E-state index contributed by atoms with van der Waals surface area (Å²) in [5.41, 5.74) is 0.679. The van der Waals surface area contributed by atoms with Crippen LogP contribution in [0.25, 0.3) is 0 Å². The van der Waals surface area contributed by atoms with Crippen molar-refractivity contribution in [1.82, 2.24) is 0 Å². The molecule has 0 aromatic carbocycles. The third-order valence-corrected chi connectivity index (χ3v) is 9.00. The average molecular weight is 303 g/mol. The van der Waals surface area contributed by atoms with Crippen LogP contribution in [0.15, 0.2) is 0 Å². The summed E-state index contributed by atoms with van der Waals surface area (Å²) in [6.07, 6.45) is 20.1. The molecule has 0 aliphatic heterocycles. The topological polar surface area (TPSA) is 0 Å². The maximum atomic E-state index is 2.67. The molecule has 0 spiro atoms. The predicted octanol–water partition coefficient (Wildman–Crippen LogP) is 6.84. The lowest BCUT2D eigenvalue weighted by molar-refractivity contribution is 0.0178. The Morgan fingerprint density at radius 2 is 1.45 bits per heavy atom. The van der Waals surface area contributed by atoms with Gasteiger partial charge in [0.2, 0.25) is 0 Å². The quantitative estimate of drug-likeness (QED) is 0.524. The molecule has 6 atom stereocenters. The Labute approximate surface area is 138 Å². The summed E-state index contributed by atoms with van der Waals surface area (Å²) in [5, 5.41) is 0. The number of rotatable bonds is 2. The van der Waals surface area contributed by atoms with E-state index in [1.54, 1.807) is 51.4 Å². The van der Waals surface area contributed by atoms with E-state index in [0.29, 0.717) is 5.41 Å². The third kappa shape index (κ3) is 2.57. The van der Waals surface area contributed by atoms with Crippen LogP contribution in [0.3, 0.4) is 0 Å². The molecule has 22 heavy (non-hydrogen) atoms. The molecule has 0 heteroatoms.